The Hall–Kier alpha value is -2.40. The SMILES string of the molecule is COc1cc2c(cc1OC)[C@H]1Cc3ccc4c(c3C[NH+]1CC2)OCO4. The van der Waals surface area contributed by atoms with Gasteiger partial charge in [-0.15, -0.1) is 0 Å². The van der Waals surface area contributed by atoms with Gasteiger partial charge < -0.3 is 23.8 Å². The van der Waals surface area contributed by atoms with Gasteiger partial charge in [0.05, 0.1) is 26.3 Å². The molecule has 3 aliphatic rings. The van der Waals surface area contributed by atoms with Gasteiger partial charge in [0.2, 0.25) is 6.79 Å². The van der Waals surface area contributed by atoms with E-state index in [0.717, 1.165) is 48.9 Å². The smallest absolute Gasteiger partial charge is 0.231 e. The third kappa shape index (κ3) is 2.19. The van der Waals surface area contributed by atoms with Crippen LogP contribution in [0.1, 0.15) is 28.3 Å². The van der Waals surface area contributed by atoms with Gasteiger partial charge in [-0.25, -0.2) is 0 Å². The number of ether oxygens (including phenoxy) is 4. The summed E-state index contributed by atoms with van der Waals surface area (Å²) >= 11 is 0. The van der Waals surface area contributed by atoms with Crippen LogP contribution in [0, 0.1) is 0 Å². The summed E-state index contributed by atoms with van der Waals surface area (Å²) < 4.78 is 22.3. The summed E-state index contributed by atoms with van der Waals surface area (Å²) in [6.45, 7) is 2.45. The molecule has 0 saturated heterocycles. The van der Waals surface area contributed by atoms with Crippen LogP contribution in [0.25, 0.3) is 0 Å². The zero-order valence-electron chi connectivity index (χ0n) is 14.6. The molecule has 3 heterocycles. The lowest BCUT2D eigenvalue weighted by Crippen LogP contribution is -3.13. The number of quaternary nitrogens is 1. The Morgan fingerprint density at radius 3 is 2.72 bits per heavy atom. The molecule has 1 N–H and O–H groups in total. The molecular formula is C20H22NO4+. The van der Waals surface area contributed by atoms with E-state index in [-0.39, 0.29) is 0 Å². The number of benzene rings is 2. The van der Waals surface area contributed by atoms with Crippen molar-refractivity contribution in [1.29, 1.82) is 0 Å². The van der Waals surface area contributed by atoms with Gasteiger partial charge in [-0.05, 0) is 29.3 Å². The van der Waals surface area contributed by atoms with Crippen molar-refractivity contribution in [1.82, 2.24) is 0 Å². The first-order valence-corrected chi connectivity index (χ1v) is 8.78. The fourth-order valence-electron chi connectivity index (χ4n) is 4.54. The lowest BCUT2D eigenvalue weighted by atomic mass is 9.83. The first-order valence-electron chi connectivity index (χ1n) is 8.78. The minimum Gasteiger partial charge on any atom is -0.493 e. The Balaban J connectivity index is 1.57. The van der Waals surface area contributed by atoms with E-state index < -0.39 is 0 Å². The molecule has 1 unspecified atom stereocenters. The zero-order valence-corrected chi connectivity index (χ0v) is 14.6. The van der Waals surface area contributed by atoms with Crippen LogP contribution in [0.5, 0.6) is 23.0 Å². The normalized spacial score (nSPS) is 22.6. The van der Waals surface area contributed by atoms with Crippen LogP contribution in [-0.4, -0.2) is 27.6 Å². The van der Waals surface area contributed by atoms with Gasteiger partial charge in [-0.2, -0.15) is 0 Å². The maximum absolute atomic E-state index is 5.74. The summed E-state index contributed by atoms with van der Waals surface area (Å²) in [5.41, 5.74) is 5.48. The summed E-state index contributed by atoms with van der Waals surface area (Å²) in [5, 5.41) is 0. The van der Waals surface area contributed by atoms with Gasteiger partial charge in [0.15, 0.2) is 23.0 Å². The second-order valence-corrected chi connectivity index (χ2v) is 6.93. The minimum absolute atomic E-state index is 0.338. The highest BCUT2D eigenvalue weighted by Gasteiger charge is 2.38. The fraction of sp³-hybridized carbons (Fsp3) is 0.400. The van der Waals surface area contributed by atoms with Gasteiger partial charge in [0.25, 0.3) is 0 Å². The van der Waals surface area contributed by atoms with Crippen molar-refractivity contribution in [2.45, 2.75) is 25.4 Å². The van der Waals surface area contributed by atoms with E-state index in [0.29, 0.717) is 12.8 Å². The van der Waals surface area contributed by atoms with Crippen LogP contribution >= 0.6 is 0 Å². The monoisotopic (exact) mass is 340 g/mol. The fourth-order valence-corrected chi connectivity index (χ4v) is 4.54. The average molecular weight is 340 g/mol. The third-order valence-electron chi connectivity index (χ3n) is 5.80. The number of hydrogen-bond donors (Lipinski definition) is 1. The molecule has 3 aliphatic heterocycles. The minimum atomic E-state index is 0.338. The molecule has 0 amide bonds. The van der Waals surface area contributed by atoms with Crippen molar-refractivity contribution in [3.8, 4) is 23.0 Å². The zero-order chi connectivity index (χ0) is 17.0. The number of hydrogen-bond acceptors (Lipinski definition) is 4. The maximum Gasteiger partial charge on any atom is 0.231 e. The Morgan fingerprint density at radius 2 is 1.88 bits per heavy atom. The first kappa shape index (κ1) is 14.9. The van der Waals surface area contributed by atoms with E-state index in [2.05, 4.69) is 18.2 Å². The molecule has 5 rings (SSSR count). The van der Waals surface area contributed by atoms with Crippen molar-refractivity contribution in [3.05, 3.63) is 46.5 Å². The molecule has 0 fully saturated rings. The van der Waals surface area contributed by atoms with E-state index in [1.807, 2.05) is 6.07 Å². The first-order chi connectivity index (χ1) is 12.3. The Labute approximate surface area is 147 Å². The van der Waals surface area contributed by atoms with E-state index in [1.165, 1.54) is 22.3 Å². The summed E-state index contributed by atoms with van der Waals surface area (Å²) in [6.07, 6.45) is 2.08. The van der Waals surface area contributed by atoms with Crippen LogP contribution < -0.4 is 23.8 Å². The molecule has 0 aromatic heterocycles. The third-order valence-corrected chi connectivity index (χ3v) is 5.80. The van der Waals surface area contributed by atoms with Crippen molar-refractivity contribution >= 4 is 0 Å². The molecule has 0 spiro atoms. The largest absolute Gasteiger partial charge is 0.493 e. The highest BCUT2D eigenvalue weighted by Crippen LogP contribution is 2.41. The van der Waals surface area contributed by atoms with Crippen LogP contribution in [-0.2, 0) is 19.4 Å². The van der Waals surface area contributed by atoms with Crippen LogP contribution in [0.4, 0.5) is 0 Å². The lowest BCUT2D eigenvalue weighted by molar-refractivity contribution is -0.949. The van der Waals surface area contributed by atoms with Gasteiger partial charge in [0.1, 0.15) is 12.6 Å². The van der Waals surface area contributed by atoms with Crippen LogP contribution in [0.15, 0.2) is 24.3 Å². The molecule has 2 atom stereocenters. The van der Waals surface area contributed by atoms with Crippen molar-refractivity contribution in [2.24, 2.45) is 0 Å². The number of methoxy groups -OCH3 is 2. The molecule has 5 heteroatoms. The predicted octanol–water partition coefficient (Wildman–Crippen LogP) is 1.67. The Morgan fingerprint density at radius 1 is 1.04 bits per heavy atom. The van der Waals surface area contributed by atoms with E-state index >= 15 is 0 Å². The molecule has 0 radical (unpaired) electrons. The quantitative estimate of drug-likeness (QED) is 0.903. The lowest BCUT2D eigenvalue weighted by Gasteiger charge is -2.38. The standard InChI is InChI=1S/C20H21NO4/c1-22-18-8-13-5-6-21-10-15-12(3-4-17-20(15)25-11-24-17)7-16(21)14(13)9-19(18)23-2/h3-4,8-9,16H,5-7,10-11H2,1-2H3/p+1/t16-/m1/s1. The summed E-state index contributed by atoms with van der Waals surface area (Å²) in [4.78, 5) is 1.59. The molecule has 2 aromatic rings. The average Bonchev–Trinajstić information content (AvgIpc) is 3.14. The van der Waals surface area contributed by atoms with E-state index in [9.17, 15) is 0 Å². The molecule has 5 nitrogen and oxygen atoms in total. The second-order valence-electron chi connectivity index (χ2n) is 6.93. The summed E-state index contributed by atoms with van der Waals surface area (Å²) in [6, 6.07) is 9.03. The molecule has 130 valence electrons. The molecule has 2 aromatic carbocycles. The van der Waals surface area contributed by atoms with Gasteiger partial charge in [-0.3, -0.25) is 0 Å². The molecule has 25 heavy (non-hydrogen) atoms. The van der Waals surface area contributed by atoms with Gasteiger partial charge in [0, 0.05) is 18.4 Å². The van der Waals surface area contributed by atoms with Crippen molar-refractivity contribution in [2.75, 3.05) is 27.6 Å². The van der Waals surface area contributed by atoms with E-state index in [4.69, 9.17) is 18.9 Å². The van der Waals surface area contributed by atoms with Gasteiger partial charge >= 0.3 is 0 Å². The molecule has 0 saturated carbocycles. The highest BCUT2D eigenvalue weighted by molar-refractivity contribution is 5.54. The van der Waals surface area contributed by atoms with Crippen LogP contribution in [0.3, 0.4) is 0 Å². The number of fused-ring (bicyclic) bond motifs is 6. The summed E-state index contributed by atoms with van der Waals surface area (Å²) in [5.74, 6) is 3.49. The van der Waals surface area contributed by atoms with Crippen molar-refractivity contribution < 1.29 is 23.8 Å². The van der Waals surface area contributed by atoms with Crippen LogP contribution in [0.2, 0.25) is 0 Å². The molecular weight excluding hydrogens is 318 g/mol. The second kappa shape index (κ2) is 5.56. The topological polar surface area (TPSA) is 41.4 Å². The van der Waals surface area contributed by atoms with Crippen molar-refractivity contribution in [3.63, 3.8) is 0 Å². The van der Waals surface area contributed by atoms with E-state index in [1.54, 1.807) is 19.1 Å². The summed E-state index contributed by atoms with van der Waals surface area (Å²) in [7, 11) is 3.40. The molecule has 0 bridgehead atoms. The Bertz CT molecular complexity index is 848. The predicted molar refractivity (Wildman–Crippen MR) is 91.8 cm³/mol. The van der Waals surface area contributed by atoms with Gasteiger partial charge in [-0.1, -0.05) is 6.07 Å². The Kier molecular flexibility index (Phi) is 3.31. The number of rotatable bonds is 2. The number of nitrogens with one attached hydrogen (secondary N) is 1. The maximum atomic E-state index is 5.74. The highest BCUT2D eigenvalue weighted by atomic mass is 16.7. The molecule has 0 aliphatic carbocycles.